The normalized spacial score (nSPS) is 13.8. The van der Waals surface area contributed by atoms with Crippen LogP contribution in [0.25, 0.3) is 0 Å². The molecule has 46 heavy (non-hydrogen) atoms. The highest BCUT2D eigenvalue weighted by molar-refractivity contribution is 6.42. The molecule has 0 aromatic heterocycles. The summed E-state index contributed by atoms with van der Waals surface area (Å²) in [6, 6.07) is 18.1. The van der Waals surface area contributed by atoms with Crippen molar-refractivity contribution in [2.24, 2.45) is 5.92 Å². The van der Waals surface area contributed by atoms with E-state index in [1.807, 2.05) is 0 Å². The summed E-state index contributed by atoms with van der Waals surface area (Å²) in [5.41, 5.74) is 1.63. The van der Waals surface area contributed by atoms with Gasteiger partial charge in [-0.2, -0.15) is 22.0 Å². The fraction of sp³-hybridized carbons (Fsp3) is 0.312. The third-order valence-electron chi connectivity index (χ3n) is 6.93. The van der Waals surface area contributed by atoms with E-state index < -0.39 is 66.1 Å². The molecule has 0 fully saturated rings. The van der Waals surface area contributed by atoms with E-state index in [4.69, 9.17) is 23.2 Å². The zero-order valence-corrected chi connectivity index (χ0v) is 26.0. The molecule has 3 unspecified atom stereocenters. The van der Waals surface area contributed by atoms with Crippen LogP contribution in [-0.2, 0) is 19.2 Å². The maximum absolute atomic E-state index is 14.7. The lowest BCUT2D eigenvalue weighted by molar-refractivity contribution is -0.165. The lowest BCUT2D eigenvalue weighted by atomic mass is 9.88. The molecule has 3 N–H and O–H groups in total. The van der Waals surface area contributed by atoms with Crippen LogP contribution < -0.4 is 16.0 Å². The van der Waals surface area contributed by atoms with E-state index in [0.717, 1.165) is 10.9 Å². The molecule has 0 heterocycles. The van der Waals surface area contributed by atoms with Gasteiger partial charge in [0, 0.05) is 12.3 Å². The van der Waals surface area contributed by atoms with Crippen LogP contribution in [0.1, 0.15) is 48.9 Å². The number of carbonyl (C=O) groups is 4. The number of alkyl halides is 5. The molecule has 0 aliphatic carbocycles. The van der Waals surface area contributed by atoms with E-state index >= 15 is 0 Å². The first-order valence-electron chi connectivity index (χ1n) is 13.9. The summed E-state index contributed by atoms with van der Waals surface area (Å²) in [4.78, 5) is 51.7. The van der Waals surface area contributed by atoms with Crippen LogP contribution >= 0.6 is 23.2 Å². The second-order valence-electron chi connectivity index (χ2n) is 10.7. The largest absolute Gasteiger partial charge is 0.405 e. The zero-order chi connectivity index (χ0) is 34.2. The molecule has 3 atom stereocenters. The van der Waals surface area contributed by atoms with Crippen molar-refractivity contribution < 1.29 is 41.1 Å². The zero-order valence-electron chi connectivity index (χ0n) is 24.5. The molecule has 0 radical (unpaired) electrons. The smallest absolute Gasteiger partial charge is 0.344 e. The van der Waals surface area contributed by atoms with Gasteiger partial charge in [-0.1, -0.05) is 104 Å². The van der Waals surface area contributed by atoms with Crippen molar-refractivity contribution in [1.82, 2.24) is 16.0 Å². The minimum atomic E-state index is -5.00. The van der Waals surface area contributed by atoms with E-state index in [1.165, 1.54) is 26.0 Å². The quantitative estimate of drug-likeness (QED) is 0.143. The van der Waals surface area contributed by atoms with E-state index in [9.17, 15) is 41.1 Å². The molecular weight excluding hydrogens is 656 g/mol. The Hall–Kier alpha value is -4.03. The van der Waals surface area contributed by atoms with E-state index in [1.54, 1.807) is 66.7 Å². The minimum absolute atomic E-state index is 0.192. The maximum Gasteiger partial charge on any atom is 0.405 e. The number of rotatable bonds is 13. The standard InChI is InChI=1S/C32H30Cl2F5N3O4/c1-18(2)26(28(44)32(38,39)30(46)40-17-31(35,36)37)42-29(45)27(20-11-7-4-8-12-20)41-25(43)16-22(19-9-5-3-6-10-19)21-13-14-23(33)24(34)15-21/h3-15,18,22,26-27H,16-17H2,1-2H3,(H,40,46)(H,41,43)(H,42,45). The molecule has 0 bridgehead atoms. The summed E-state index contributed by atoms with van der Waals surface area (Å²) in [7, 11) is 0. The molecule has 0 spiro atoms. The molecule has 246 valence electrons. The van der Waals surface area contributed by atoms with Crippen LogP contribution in [0.3, 0.4) is 0 Å². The maximum atomic E-state index is 14.7. The predicted octanol–water partition coefficient (Wildman–Crippen LogP) is 6.40. The lowest BCUT2D eigenvalue weighted by Gasteiger charge is -2.28. The van der Waals surface area contributed by atoms with Crippen molar-refractivity contribution in [3.05, 3.63) is 106 Å². The van der Waals surface area contributed by atoms with Crippen molar-refractivity contribution >= 4 is 46.7 Å². The van der Waals surface area contributed by atoms with Gasteiger partial charge in [0.05, 0.1) is 16.1 Å². The van der Waals surface area contributed by atoms with Crippen LogP contribution in [-0.4, -0.2) is 48.2 Å². The summed E-state index contributed by atoms with van der Waals surface area (Å²) in [6.45, 7) is 0.510. The molecule has 3 rings (SSSR count). The topological polar surface area (TPSA) is 104 Å². The number of Topliss-reactive ketones (excluding diaryl/α,β-unsaturated/α-hetero) is 1. The van der Waals surface area contributed by atoms with Crippen LogP contribution in [0.15, 0.2) is 78.9 Å². The van der Waals surface area contributed by atoms with Crippen molar-refractivity contribution in [1.29, 1.82) is 0 Å². The van der Waals surface area contributed by atoms with Crippen molar-refractivity contribution in [3.8, 4) is 0 Å². The van der Waals surface area contributed by atoms with E-state index in [-0.39, 0.29) is 17.0 Å². The van der Waals surface area contributed by atoms with Gasteiger partial charge in [0.25, 0.3) is 5.91 Å². The van der Waals surface area contributed by atoms with E-state index in [2.05, 4.69) is 10.6 Å². The first-order chi connectivity index (χ1) is 21.5. The molecule has 0 aliphatic rings. The Bertz CT molecular complexity index is 1540. The summed E-state index contributed by atoms with van der Waals surface area (Å²) < 4.78 is 66.9. The van der Waals surface area contributed by atoms with Gasteiger partial charge in [-0.15, -0.1) is 0 Å². The Morgan fingerprint density at radius 2 is 1.30 bits per heavy atom. The van der Waals surface area contributed by atoms with Crippen molar-refractivity contribution in [2.45, 2.75) is 50.4 Å². The van der Waals surface area contributed by atoms with Gasteiger partial charge in [-0.3, -0.25) is 19.2 Å². The molecule has 0 saturated carbocycles. The Morgan fingerprint density at radius 1 is 0.739 bits per heavy atom. The summed E-state index contributed by atoms with van der Waals surface area (Å²) >= 11 is 12.3. The summed E-state index contributed by atoms with van der Waals surface area (Å²) in [6.07, 6.45) is -5.19. The van der Waals surface area contributed by atoms with E-state index in [0.29, 0.717) is 10.6 Å². The number of halogens is 7. The Kier molecular flexibility index (Phi) is 12.3. The number of hydrogen-bond acceptors (Lipinski definition) is 4. The SMILES string of the molecule is CC(C)C(NC(=O)C(NC(=O)CC(c1ccccc1)c1ccc(Cl)c(Cl)c1)c1ccccc1)C(=O)C(F)(F)C(=O)NCC(F)(F)F. The number of ketones is 1. The van der Waals surface area contributed by atoms with Crippen LogP contribution in [0.5, 0.6) is 0 Å². The Morgan fingerprint density at radius 3 is 1.83 bits per heavy atom. The second-order valence-corrected chi connectivity index (χ2v) is 11.5. The van der Waals surface area contributed by atoms with Gasteiger partial charge >= 0.3 is 12.1 Å². The lowest BCUT2D eigenvalue weighted by Crippen LogP contribution is -2.58. The number of hydrogen-bond donors (Lipinski definition) is 3. The monoisotopic (exact) mass is 685 g/mol. The fourth-order valence-corrected chi connectivity index (χ4v) is 4.87. The summed E-state index contributed by atoms with van der Waals surface area (Å²) in [5.74, 6) is -12.7. The highest BCUT2D eigenvalue weighted by Crippen LogP contribution is 2.33. The van der Waals surface area contributed by atoms with Gasteiger partial charge in [0.15, 0.2) is 0 Å². The molecule has 0 saturated heterocycles. The van der Waals surface area contributed by atoms with Crippen molar-refractivity contribution in [2.75, 3.05) is 6.54 Å². The average Bonchev–Trinajstić information content (AvgIpc) is 3.01. The number of nitrogens with one attached hydrogen (secondary N) is 3. The highest BCUT2D eigenvalue weighted by atomic mass is 35.5. The molecule has 3 amide bonds. The summed E-state index contributed by atoms with van der Waals surface area (Å²) in [5, 5.41) is 6.33. The van der Waals surface area contributed by atoms with Crippen LogP contribution in [0.2, 0.25) is 10.0 Å². The molecule has 14 heteroatoms. The van der Waals surface area contributed by atoms with Crippen molar-refractivity contribution in [3.63, 3.8) is 0 Å². The van der Waals surface area contributed by atoms with Gasteiger partial charge in [-0.05, 0) is 34.7 Å². The second kappa shape index (κ2) is 15.5. The first kappa shape index (κ1) is 36.4. The van der Waals surface area contributed by atoms with Gasteiger partial charge in [0.1, 0.15) is 12.6 Å². The number of amides is 3. The molecular formula is C32H30Cl2F5N3O4. The molecule has 3 aromatic rings. The highest BCUT2D eigenvalue weighted by Gasteiger charge is 2.52. The van der Waals surface area contributed by atoms with Crippen LogP contribution in [0.4, 0.5) is 22.0 Å². The van der Waals surface area contributed by atoms with Crippen LogP contribution in [0, 0.1) is 5.92 Å². The molecule has 3 aromatic carbocycles. The minimum Gasteiger partial charge on any atom is -0.344 e. The Labute approximate surface area is 271 Å². The third kappa shape index (κ3) is 9.73. The third-order valence-corrected chi connectivity index (χ3v) is 7.67. The fourth-order valence-electron chi connectivity index (χ4n) is 4.56. The van der Waals surface area contributed by atoms with Gasteiger partial charge in [0.2, 0.25) is 17.6 Å². The first-order valence-corrected chi connectivity index (χ1v) is 14.7. The number of carbonyl (C=O) groups excluding carboxylic acids is 4. The van der Waals surface area contributed by atoms with Gasteiger partial charge < -0.3 is 16.0 Å². The molecule has 0 aliphatic heterocycles. The number of benzene rings is 3. The predicted molar refractivity (Wildman–Crippen MR) is 162 cm³/mol. The van der Waals surface area contributed by atoms with Gasteiger partial charge in [-0.25, -0.2) is 0 Å². The molecule has 7 nitrogen and oxygen atoms in total. The Balaban J connectivity index is 1.88. The average molecular weight is 687 g/mol.